The van der Waals surface area contributed by atoms with Crippen LogP contribution in [-0.4, -0.2) is 43.4 Å². The monoisotopic (exact) mass is 541 g/mol. The summed E-state index contributed by atoms with van der Waals surface area (Å²) in [6.07, 6.45) is 0.379. The summed E-state index contributed by atoms with van der Waals surface area (Å²) in [4.78, 5) is 43.1. The molecule has 10 heteroatoms. The maximum absolute atomic E-state index is 14.7. The third-order valence-electron chi connectivity index (χ3n) is 4.82. The summed E-state index contributed by atoms with van der Waals surface area (Å²) in [7, 11) is 0. The van der Waals surface area contributed by atoms with Gasteiger partial charge < -0.3 is 5.11 Å². The fourth-order valence-corrected chi connectivity index (χ4v) is 4.08. The van der Waals surface area contributed by atoms with Crippen LogP contribution in [0.1, 0.15) is 16.8 Å². The Morgan fingerprint density at radius 3 is 2.70 bits per heavy atom. The maximum Gasteiger partial charge on any atom is 0.230 e. The second kappa shape index (κ2) is 8.05. The predicted octanol–water partition coefficient (Wildman–Crippen LogP) is 2.89. The fraction of sp³-hybridized carbons (Fsp3) is 0.200. The van der Waals surface area contributed by atoms with Crippen molar-refractivity contribution >= 4 is 62.7 Å². The number of Topliss-reactive ketones (excluding diaryl/α,β-unsaturated/α-hetero) is 1. The van der Waals surface area contributed by atoms with Crippen molar-refractivity contribution in [3.63, 3.8) is 0 Å². The largest absolute Gasteiger partial charge is 0.391 e. The Bertz CT molecular complexity index is 1240. The number of aliphatic hydroxyl groups excluding tert-OH is 1. The minimum Gasteiger partial charge on any atom is -0.391 e. The lowest BCUT2D eigenvalue weighted by Gasteiger charge is -2.18. The Balaban J connectivity index is 2.05. The topological polar surface area (TPSA) is 92.5 Å². The molecule has 1 N–H and O–H groups in total. The van der Waals surface area contributed by atoms with Gasteiger partial charge in [0, 0.05) is 6.20 Å². The molecule has 0 spiro atoms. The van der Waals surface area contributed by atoms with Gasteiger partial charge in [0.2, 0.25) is 11.3 Å². The Morgan fingerprint density at radius 2 is 2.07 bits per heavy atom. The van der Waals surface area contributed by atoms with Gasteiger partial charge in [0.15, 0.2) is 11.4 Å². The first-order chi connectivity index (χ1) is 14.3. The van der Waals surface area contributed by atoms with Gasteiger partial charge in [0.05, 0.1) is 39.5 Å². The normalized spacial score (nSPS) is 16.5. The molecule has 1 saturated heterocycles. The molecule has 0 radical (unpaired) electrons. The minimum atomic E-state index is -0.818. The smallest absolute Gasteiger partial charge is 0.230 e. The zero-order chi connectivity index (χ0) is 21.6. The Hall–Kier alpha value is -2.37. The lowest BCUT2D eigenvalue weighted by atomic mass is 10.1. The van der Waals surface area contributed by atoms with Crippen molar-refractivity contribution in [1.29, 1.82) is 0 Å². The number of amides is 1. The number of carbonyl (C=O) groups excluding carboxylic acids is 2. The van der Waals surface area contributed by atoms with E-state index in [0.717, 1.165) is 0 Å². The van der Waals surface area contributed by atoms with Crippen LogP contribution in [0.3, 0.4) is 0 Å². The molecule has 1 fully saturated rings. The van der Waals surface area contributed by atoms with E-state index in [0.29, 0.717) is 0 Å². The van der Waals surface area contributed by atoms with Crippen molar-refractivity contribution in [3.8, 4) is 5.69 Å². The first-order valence-electron chi connectivity index (χ1n) is 8.90. The summed E-state index contributed by atoms with van der Waals surface area (Å²) in [6, 6.07) is 7.02. The highest BCUT2D eigenvalue weighted by molar-refractivity contribution is 14.1. The van der Waals surface area contributed by atoms with E-state index in [9.17, 15) is 23.9 Å². The Labute approximate surface area is 188 Å². The van der Waals surface area contributed by atoms with Crippen LogP contribution in [0.5, 0.6) is 0 Å². The number of rotatable bonds is 4. The van der Waals surface area contributed by atoms with E-state index >= 15 is 0 Å². The average molecular weight is 542 g/mol. The molecule has 7 nitrogen and oxygen atoms in total. The van der Waals surface area contributed by atoms with E-state index in [1.807, 2.05) is 22.6 Å². The number of aliphatic hydroxyl groups is 1. The van der Waals surface area contributed by atoms with Gasteiger partial charge in [0.25, 0.3) is 0 Å². The zero-order valence-electron chi connectivity index (χ0n) is 15.3. The molecular weight excluding hydrogens is 528 g/mol. The van der Waals surface area contributed by atoms with Gasteiger partial charge in [-0.2, -0.15) is 0 Å². The number of fused-ring (bicyclic) bond motifs is 1. The quantitative estimate of drug-likeness (QED) is 0.312. The third-order valence-corrected chi connectivity index (χ3v) is 5.82. The molecule has 0 saturated carbocycles. The van der Waals surface area contributed by atoms with E-state index in [-0.39, 0.29) is 56.4 Å². The second-order valence-electron chi connectivity index (χ2n) is 6.77. The Kier molecular flexibility index (Phi) is 5.60. The number of alkyl halides is 1. The number of hydrogen-bond donors (Lipinski definition) is 1. The van der Waals surface area contributed by atoms with E-state index < -0.39 is 23.1 Å². The van der Waals surface area contributed by atoms with Gasteiger partial charge in [-0.15, -0.1) is 0 Å². The zero-order valence-corrected chi connectivity index (χ0v) is 18.2. The van der Waals surface area contributed by atoms with Crippen LogP contribution in [0.25, 0.3) is 16.7 Å². The number of halogens is 3. The highest BCUT2D eigenvalue weighted by atomic mass is 127. The van der Waals surface area contributed by atoms with Crippen LogP contribution in [0, 0.1) is 5.82 Å². The van der Waals surface area contributed by atoms with Crippen molar-refractivity contribution in [3.05, 3.63) is 63.2 Å². The van der Waals surface area contributed by atoms with Crippen LogP contribution < -0.4 is 10.3 Å². The number of hydrogen-bond acceptors (Lipinski definition) is 5. The van der Waals surface area contributed by atoms with Crippen molar-refractivity contribution in [2.45, 2.75) is 12.5 Å². The summed E-state index contributed by atoms with van der Waals surface area (Å²) >= 11 is 8.08. The van der Waals surface area contributed by atoms with Gasteiger partial charge in [-0.1, -0.05) is 40.3 Å². The van der Waals surface area contributed by atoms with Crippen LogP contribution in [0.15, 0.2) is 41.3 Å². The molecule has 1 aliphatic rings. The minimum absolute atomic E-state index is 0.0330. The lowest BCUT2D eigenvalue weighted by Crippen LogP contribution is -2.27. The number of anilines is 1. The number of carbonyl (C=O) groups is 2. The SMILES string of the molecule is O=C(CI)c1cn(-c2c(F)cccc2Cl)c2nc(N3C[C@@H](O)CC3=O)ccc2c1=O. The van der Waals surface area contributed by atoms with Crippen molar-refractivity contribution in [2.75, 3.05) is 15.9 Å². The van der Waals surface area contributed by atoms with Crippen molar-refractivity contribution in [1.82, 2.24) is 9.55 Å². The average Bonchev–Trinajstić information content (AvgIpc) is 3.06. The van der Waals surface area contributed by atoms with Crippen LogP contribution >= 0.6 is 34.2 Å². The molecule has 1 aliphatic heterocycles. The van der Waals surface area contributed by atoms with Crippen molar-refractivity contribution in [2.24, 2.45) is 0 Å². The number of pyridine rings is 2. The molecule has 1 aromatic carbocycles. The molecule has 0 aliphatic carbocycles. The predicted molar refractivity (Wildman–Crippen MR) is 119 cm³/mol. The molecule has 154 valence electrons. The van der Waals surface area contributed by atoms with Crippen LogP contribution in [-0.2, 0) is 4.79 Å². The summed E-state index contributed by atoms with van der Waals surface area (Å²) in [5, 5.41) is 9.91. The molecule has 3 heterocycles. The number of ketones is 1. The summed E-state index contributed by atoms with van der Waals surface area (Å²) < 4.78 is 16.0. The molecule has 2 aromatic heterocycles. The highest BCUT2D eigenvalue weighted by Gasteiger charge is 2.30. The van der Waals surface area contributed by atoms with Crippen molar-refractivity contribution < 1.29 is 19.1 Å². The number of benzene rings is 1. The van der Waals surface area contributed by atoms with E-state index in [1.165, 1.54) is 46.0 Å². The number of nitrogens with zero attached hydrogens (tertiary/aromatic N) is 3. The molecule has 30 heavy (non-hydrogen) atoms. The van der Waals surface area contributed by atoms with E-state index in [1.54, 1.807) is 0 Å². The first-order valence-corrected chi connectivity index (χ1v) is 10.8. The van der Waals surface area contributed by atoms with Gasteiger partial charge in [0.1, 0.15) is 17.3 Å². The van der Waals surface area contributed by atoms with Crippen LogP contribution in [0.2, 0.25) is 5.02 Å². The lowest BCUT2D eigenvalue weighted by molar-refractivity contribution is -0.117. The third kappa shape index (κ3) is 3.50. The standard InChI is InChI=1S/C20H14ClFIN3O4/c21-13-2-1-3-14(22)18(13)26-9-12(15(28)7-23)19(30)11-4-5-16(24-20(11)26)25-8-10(27)6-17(25)29/h1-5,9-10,27H,6-8H2/t10-/m0/s1. The molecular formula is C20H14ClFIN3O4. The molecule has 1 atom stereocenters. The summed E-state index contributed by atoms with van der Waals surface area (Å²) in [5.74, 6) is -1.19. The van der Waals surface area contributed by atoms with Gasteiger partial charge in [-0.3, -0.25) is 23.9 Å². The Morgan fingerprint density at radius 1 is 1.30 bits per heavy atom. The van der Waals surface area contributed by atoms with E-state index in [4.69, 9.17) is 11.6 Å². The molecule has 0 unspecified atom stereocenters. The summed E-state index contributed by atoms with van der Waals surface area (Å²) in [5.41, 5.74) is -0.673. The summed E-state index contributed by atoms with van der Waals surface area (Å²) in [6.45, 7) is 0.0629. The van der Waals surface area contributed by atoms with Crippen LogP contribution in [0.4, 0.5) is 10.2 Å². The molecule has 4 rings (SSSR count). The number of β-amino-alcohol motifs (C(OH)–C–C–N with tert-alkyl or cyclic N) is 1. The van der Waals surface area contributed by atoms with Gasteiger partial charge >= 0.3 is 0 Å². The van der Waals surface area contributed by atoms with Gasteiger partial charge in [-0.05, 0) is 24.3 Å². The second-order valence-corrected chi connectivity index (χ2v) is 7.94. The number of aromatic nitrogens is 2. The van der Waals surface area contributed by atoms with E-state index in [2.05, 4.69) is 4.98 Å². The first kappa shape index (κ1) is 20.9. The highest BCUT2D eigenvalue weighted by Crippen LogP contribution is 2.28. The van der Waals surface area contributed by atoms with Gasteiger partial charge in [-0.25, -0.2) is 9.37 Å². The molecule has 3 aromatic rings. The fourth-order valence-electron chi connectivity index (χ4n) is 3.41. The maximum atomic E-state index is 14.7. The molecule has 0 bridgehead atoms. The number of para-hydroxylation sites is 1. The molecule has 1 amide bonds.